The van der Waals surface area contributed by atoms with Crippen LogP contribution in [0.2, 0.25) is 0 Å². The molecule has 134 valence electrons. The van der Waals surface area contributed by atoms with Gasteiger partial charge in [0.25, 0.3) is 10.1 Å². The Balaban J connectivity index is 2.43. The van der Waals surface area contributed by atoms with Crippen molar-refractivity contribution in [1.82, 2.24) is 4.98 Å². The number of alkyl halides is 3. The van der Waals surface area contributed by atoms with Crippen LogP contribution >= 0.6 is 0 Å². The summed E-state index contributed by atoms with van der Waals surface area (Å²) >= 11 is 0. The van der Waals surface area contributed by atoms with Gasteiger partial charge in [0.1, 0.15) is 0 Å². The molecule has 0 saturated heterocycles. The van der Waals surface area contributed by atoms with E-state index in [4.69, 9.17) is 4.55 Å². The molecule has 5 nitrogen and oxygen atoms in total. The zero-order chi connectivity index (χ0) is 18.0. The molecule has 0 fully saturated rings. The molecule has 0 aliphatic heterocycles. The number of halogens is 3. The number of hydrogen-bond acceptors (Lipinski definition) is 2. The minimum absolute atomic E-state index is 0.132. The summed E-state index contributed by atoms with van der Waals surface area (Å²) in [5, 5.41) is 0. The first-order valence-corrected chi connectivity index (χ1v) is 9.30. The number of aryl methyl sites for hydroxylation is 2. The number of rotatable bonds is 7. The molecule has 2 N–H and O–H groups in total. The molecule has 0 aliphatic carbocycles. The number of nitrogens with one attached hydrogen (secondary N) is 1. The molecule has 0 unspecified atom stereocenters. The third kappa shape index (κ3) is 4.47. The Morgan fingerprint density at radius 3 is 2.54 bits per heavy atom. The van der Waals surface area contributed by atoms with Gasteiger partial charge in [-0.3, -0.25) is 4.55 Å². The van der Waals surface area contributed by atoms with Crippen molar-refractivity contribution in [3.05, 3.63) is 29.6 Å². The van der Waals surface area contributed by atoms with Crippen LogP contribution in [-0.2, 0) is 29.3 Å². The number of H-pyrrole nitrogens is 1. The molecular formula is C15H20F3N2O3S+. The number of unbranched alkanes of at least 4 members (excludes halogenated alkanes) is 1. The zero-order valence-electron chi connectivity index (χ0n) is 13.2. The van der Waals surface area contributed by atoms with Crippen LogP contribution in [0.5, 0.6) is 0 Å². The van der Waals surface area contributed by atoms with E-state index in [1.807, 2.05) is 6.92 Å². The minimum Gasteiger partial charge on any atom is -0.286 e. The van der Waals surface area contributed by atoms with E-state index in [0.717, 1.165) is 6.42 Å². The second kappa shape index (κ2) is 7.10. The first-order valence-electron chi connectivity index (χ1n) is 7.69. The first-order chi connectivity index (χ1) is 11.1. The average molecular weight is 365 g/mol. The molecule has 2 aromatic rings. The van der Waals surface area contributed by atoms with E-state index in [0.29, 0.717) is 23.0 Å². The van der Waals surface area contributed by atoms with Gasteiger partial charge in [0.15, 0.2) is 11.0 Å². The lowest BCUT2D eigenvalue weighted by Crippen LogP contribution is -2.40. The van der Waals surface area contributed by atoms with Crippen LogP contribution in [0.25, 0.3) is 11.0 Å². The normalized spacial score (nSPS) is 12.9. The summed E-state index contributed by atoms with van der Waals surface area (Å²) in [7, 11) is -4.08. The Hall–Kier alpha value is -1.61. The molecule has 2 rings (SSSR count). The highest BCUT2D eigenvalue weighted by atomic mass is 32.2. The Labute approximate surface area is 138 Å². The van der Waals surface area contributed by atoms with E-state index in [2.05, 4.69) is 4.98 Å². The van der Waals surface area contributed by atoms with Crippen molar-refractivity contribution in [2.75, 3.05) is 5.75 Å². The van der Waals surface area contributed by atoms with Gasteiger partial charge in [-0.15, -0.1) is 0 Å². The van der Waals surface area contributed by atoms with Crippen molar-refractivity contribution in [2.45, 2.75) is 45.3 Å². The predicted molar refractivity (Wildman–Crippen MR) is 83.1 cm³/mol. The van der Waals surface area contributed by atoms with Gasteiger partial charge in [0.05, 0.1) is 12.3 Å². The smallest absolute Gasteiger partial charge is 0.286 e. The van der Waals surface area contributed by atoms with Gasteiger partial charge in [0, 0.05) is 5.56 Å². The molecule has 1 aromatic carbocycles. The van der Waals surface area contributed by atoms with Crippen LogP contribution in [0.15, 0.2) is 18.2 Å². The highest BCUT2D eigenvalue weighted by molar-refractivity contribution is 7.85. The number of fused-ring (bicyclic) bond motifs is 1. The summed E-state index contributed by atoms with van der Waals surface area (Å²) in [6.07, 6.45) is -2.73. The van der Waals surface area contributed by atoms with Crippen molar-refractivity contribution in [2.24, 2.45) is 0 Å². The van der Waals surface area contributed by atoms with Crippen LogP contribution in [0.1, 0.15) is 37.6 Å². The van der Waals surface area contributed by atoms with Gasteiger partial charge < -0.3 is 0 Å². The maximum atomic E-state index is 13.3. The second-order valence-corrected chi connectivity index (χ2v) is 7.25. The van der Waals surface area contributed by atoms with Crippen LogP contribution < -0.4 is 4.57 Å². The molecule has 1 heterocycles. The molecule has 0 spiro atoms. The van der Waals surface area contributed by atoms with Gasteiger partial charge in [-0.1, -0.05) is 25.5 Å². The lowest BCUT2D eigenvalue weighted by molar-refractivity contribution is -0.691. The van der Waals surface area contributed by atoms with E-state index in [9.17, 15) is 21.6 Å². The Kier molecular flexibility index (Phi) is 5.54. The summed E-state index contributed by atoms with van der Waals surface area (Å²) in [4.78, 5) is 2.46. The maximum Gasteiger partial charge on any atom is 0.494 e. The van der Waals surface area contributed by atoms with Crippen LogP contribution in [-0.4, -0.2) is 23.7 Å². The highest BCUT2D eigenvalue weighted by Gasteiger charge is 2.44. The molecule has 0 bridgehead atoms. The quantitative estimate of drug-likeness (QED) is 0.585. The molecule has 0 saturated carbocycles. The van der Waals surface area contributed by atoms with Crippen molar-refractivity contribution < 1.29 is 30.7 Å². The van der Waals surface area contributed by atoms with Gasteiger partial charge >= 0.3 is 12.0 Å². The topological polar surface area (TPSA) is 74.0 Å². The summed E-state index contributed by atoms with van der Waals surface area (Å²) in [5.74, 6) is -1.24. The summed E-state index contributed by atoms with van der Waals surface area (Å²) in [6, 6.07) is 4.93. The van der Waals surface area contributed by atoms with E-state index < -0.39 is 27.9 Å². The number of benzene rings is 1. The molecule has 0 atom stereocenters. The second-order valence-electron chi connectivity index (χ2n) is 5.68. The number of nitrogens with zero attached hydrogens (tertiary/aromatic N) is 1. The molecule has 0 amide bonds. The lowest BCUT2D eigenvalue weighted by Gasteiger charge is -2.03. The number of imidazole rings is 1. The molecule has 0 radical (unpaired) electrons. The third-order valence-electron chi connectivity index (χ3n) is 3.79. The lowest BCUT2D eigenvalue weighted by atomic mass is 10.1. The van der Waals surface area contributed by atoms with Crippen LogP contribution in [0.4, 0.5) is 13.2 Å². The molecule has 1 aromatic heterocycles. The number of aromatic amines is 1. The summed E-state index contributed by atoms with van der Waals surface area (Å²) in [5.41, 5.74) is 1.40. The minimum atomic E-state index is -4.50. The number of hydrogen-bond donors (Lipinski definition) is 2. The highest BCUT2D eigenvalue weighted by Crippen LogP contribution is 2.29. The first kappa shape index (κ1) is 18.7. The molecule has 24 heavy (non-hydrogen) atoms. The van der Waals surface area contributed by atoms with Crippen molar-refractivity contribution in [1.29, 1.82) is 0 Å². The van der Waals surface area contributed by atoms with Gasteiger partial charge in [0.2, 0.25) is 0 Å². The van der Waals surface area contributed by atoms with Gasteiger partial charge in [-0.05, 0) is 25.3 Å². The molecule has 0 aliphatic rings. The fourth-order valence-corrected chi connectivity index (χ4v) is 3.20. The summed E-state index contributed by atoms with van der Waals surface area (Å²) in [6.45, 7) is 2.16. The average Bonchev–Trinajstić information content (AvgIpc) is 2.83. The zero-order valence-corrected chi connectivity index (χ0v) is 14.0. The van der Waals surface area contributed by atoms with E-state index in [-0.39, 0.29) is 19.4 Å². The molecular weight excluding hydrogens is 345 g/mol. The monoisotopic (exact) mass is 365 g/mol. The van der Waals surface area contributed by atoms with Gasteiger partial charge in [-0.25, -0.2) is 9.55 Å². The Morgan fingerprint density at radius 2 is 1.96 bits per heavy atom. The Morgan fingerprint density at radius 1 is 1.25 bits per heavy atom. The predicted octanol–water partition coefficient (Wildman–Crippen LogP) is 3.09. The summed E-state index contributed by atoms with van der Waals surface area (Å²) < 4.78 is 71.4. The standard InChI is InChI=1S/C15H19F3N2O3S/c1-2-3-9-20-12-8-4-6-11(7-5-10-24(21,22)23)13(12)19-14(20)15(16,17)18/h4,6,8H,2-3,5,7,9-10H2,1H3,(H,21,22,23)/p+1. The SMILES string of the molecule is CCCC[n+]1c(C(F)(F)F)[nH]c2c(CCCS(=O)(=O)O)cccc21. The van der Waals surface area contributed by atoms with E-state index >= 15 is 0 Å². The third-order valence-corrected chi connectivity index (χ3v) is 4.59. The van der Waals surface area contributed by atoms with Crippen LogP contribution in [0, 0.1) is 0 Å². The largest absolute Gasteiger partial charge is 0.494 e. The van der Waals surface area contributed by atoms with Crippen LogP contribution in [0.3, 0.4) is 0 Å². The fourth-order valence-electron chi connectivity index (χ4n) is 2.69. The van der Waals surface area contributed by atoms with Gasteiger partial charge in [-0.2, -0.15) is 21.6 Å². The Bertz CT molecular complexity index is 813. The van der Waals surface area contributed by atoms with E-state index in [1.54, 1.807) is 18.2 Å². The van der Waals surface area contributed by atoms with Crippen molar-refractivity contribution >= 4 is 21.2 Å². The van der Waals surface area contributed by atoms with Crippen molar-refractivity contribution in [3.8, 4) is 0 Å². The van der Waals surface area contributed by atoms with E-state index in [1.165, 1.54) is 4.57 Å². The molecule has 9 heteroatoms. The fraction of sp³-hybridized carbons (Fsp3) is 0.533. The number of para-hydroxylation sites is 1. The van der Waals surface area contributed by atoms with Crippen molar-refractivity contribution in [3.63, 3.8) is 0 Å². The maximum absolute atomic E-state index is 13.3. The number of aromatic nitrogens is 2.